The van der Waals surface area contributed by atoms with Gasteiger partial charge in [-0.3, -0.25) is 4.99 Å². The number of aryl methyl sites for hydroxylation is 1. The molecule has 0 aliphatic carbocycles. The smallest absolute Gasteiger partial charge is 0.0419 e. The zero-order chi connectivity index (χ0) is 15.0. The minimum Gasteiger partial charge on any atom is -0.292 e. The Morgan fingerprint density at radius 1 is 1.10 bits per heavy atom. The summed E-state index contributed by atoms with van der Waals surface area (Å²) in [5.41, 5.74) is 4.00. The minimum atomic E-state index is 0.754. The third kappa shape index (κ3) is 5.48. The second kappa shape index (κ2) is 8.94. The molecule has 0 fully saturated rings. The van der Waals surface area contributed by atoms with Crippen LogP contribution in [0.3, 0.4) is 0 Å². The van der Waals surface area contributed by atoms with Crippen molar-refractivity contribution in [3.63, 3.8) is 0 Å². The molecule has 0 amide bonds. The lowest BCUT2D eigenvalue weighted by molar-refractivity contribution is 0.410. The van der Waals surface area contributed by atoms with Crippen LogP contribution in [0.4, 0.5) is 0 Å². The number of hydrogen-bond donors (Lipinski definition) is 0. The van der Waals surface area contributed by atoms with Gasteiger partial charge in [0.2, 0.25) is 0 Å². The molecule has 1 aromatic carbocycles. The van der Waals surface area contributed by atoms with Crippen molar-refractivity contribution in [1.82, 2.24) is 0 Å². The fourth-order valence-corrected chi connectivity index (χ4v) is 2.83. The predicted octanol–water partition coefficient (Wildman–Crippen LogP) is 5.52. The van der Waals surface area contributed by atoms with E-state index in [-0.39, 0.29) is 0 Å². The molecule has 0 aromatic heterocycles. The number of rotatable bonds is 8. The summed E-state index contributed by atoms with van der Waals surface area (Å²) in [5, 5.41) is 0. The fourth-order valence-electron chi connectivity index (χ4n) is 2.83. The van der Waals surface area contributed by atoms with Gasteiger partial charge >= 0.3 is 0 Å². The molecular weight excluding hydrogens is 242 g/mol. The van der Waals surface area contributed by atoms with E-state index in [0.717, 1.165) is 18.3 Å². The number of benzene rings is 1. The van der Waals surface area contributed by atoms with E-state index in [9.17, 15) is 0 Å². The summed E-state index contributed by atoms with van der Waals surface area (Å²) in [7, 11) is 1.93. The molecular formula is C19H31N. The highest BCUT2D eigenvalue weighted by atomic mass is 14.7. The van der Waals surface area contributed by atoms with Crippen molar-refractivity contribution in [1.29, 1.82) is 0 Å². The molecule has 0 aliphatic rings. The maximum atomic E-state index is 4.55. The van der Waals surface area contributed by atoms with Gasteiger partial charge in [0, 0.05) is 12.8 Å². The first-order valence-electron chi connectivity index (χ1n) is 8.15. The molecule has 20 heavy (non-hydrogen) atoms. The van der Waals surface area contributed by atoms with Crippen LogP contribution in [0.5, 0.6) is 0 Å². The molecule has 0 N–H and O–H groups in total. The zero-order valence-electron chi connectivity index (χ0n) is 13.9. The van der Waals surface area contributed by atoms with E-state index < -0.39 is 0 Å². The molecule has 0 saturated carbocycles. The topological polar surface area (TPSA) is 12.4 Å². The van der Waals surface area contributed by atoms with E-state index >= 15 is 0 Å². The van der Waals surface area contributed by atoms with Crippen LogP contribution in [0.1, 0.15) is 64.5 Å². The molecule has 0 heterocycles. The summed E-state index contributed by atoms with van der Waals surface area (Å²) >= 11 is 0. The first kappa shape index (κ1) is 16.9. The minimum absolute atomic E-state index is 0.754. The molecule has 1 rings (SSSR count). The lowest BCUT2D eigenvalue weighted by atomic mass is 9.88. The van der Waals surface area contributed by atoms with Gasteiger partial charge in [0.25, 0.3) is 0 Å². The molecule has 0 radical (unpaired) electrons. The molecule has 1 atom stereocenters. The van der Waals surface area contributed by atoms with E-state index in [1.807, 2.05) is 7.05 Å². The van der Waals surface area contributed by atoms with Gasteiger partial charge in [-0.1, -0.05) is 64.8 Å². The number of nitrogens with zero attached hydrogens (tertiary/aromatic N) is 1. The van der Waals surface area contributed by atoms with E-state index in [2.05, 4.69) is 57.0 Å². The first-order valence-corrected chi connectivity index (χ1v) is 8.15. The Labute approximate surface area is 125 Å². The van der Waals surface area contributed by atoms with Crippen LogP contribution in [-0.4, -0.2) is 12.8 Å². The molecule has 1 heteroatoms. The number of hydrogen-bond acceptors (Lipinski definition) is 1. The average Bonchev–Trinajstić information content (AvgIpc) is 2.44. The van der Waals surface area contributed by atoms with Crippen molar-refractivity contribution < 1.29 is 0 Å². The van der Waals surface area contributed by atoms with E-state index in [0.29, 0.717) is 0 Å². The van der Waals surface area contributed by atoms with Gasteiger partial charge in [-0.2, -0.15) is 0 Å². The summed E-state index contributed by atoms with van der Waals surface area (Å²) in [6.07, 6.45) is 6.02. The highest BCUT2D eigenvalue weighted by Crippen LogP contribution is 2.22. The molecule has 0 aliphatic heterocycles. The first-order chi connectivity index (χ1) is 9.60. The van der Waals surface area contributed by atoms with Crippen molar-refractivity contribution in [2.75, 3.05) is 7.05 Å². The van der Waals surface area contributed by atoms with Gasteiger partial charge in [0.15, 0.2) is 0 Å². The van der Waals surface area contributed by atoms with Gasteiger partial charge in [0.05, 0.1) is 0 Å². The van der Waals surface area contributed by atoms with Crippen molar-refractivity contribution in [3.8, 4) is 0 Å². The maximum absolute atomic E-state index is 4.55. The van der Waals surface area contributed by atoms with Crippen LogP contribution >= 0.6 is 0 Å². The van der Waals surface area contributed by atoms with Crippen molar-refractivity contribution >= 4 is 5.71 Å². The predicted molar refractivity (Wildman–Crippen MR) is 90.8 cm³/mol. The Bertz CT molecular complexity index is 400. The highest BCUT2D eigenvalue weighted by molar-refractivity contribution is 6.00. The van der Waals surface area contributed by atoms with Gasteiger partial charge in [-0.15, -0.1) is 0 Å². The monoisotopic (exact) mass is 273 g/mol. The largest absolute Gasteiger partial charge is 0.292 e. The van der Waals surface area contributed by atoms with Crippen molar-refractivity contribution in [3.05, 3.63) is 35.4 Å². The second-order valence-electron chi connectivity index (χ2n) is 6.23. The average molecular weight is 273 g/mol. The molecule has 1 aromatic rings. The summed E-state index contributed by atoms with van der Waals surface area (Å²) in [4.78, 5) is 4.55. The van der Waals surface area contributed by atoms with Gasteiger partial charge in [-0.05, 0) is 42.2 Å². The Morgan fingerprint density at radius 2 is 1.75 bits per heavy atom. The van der Waals surface area contributed by atoms with Crippen LogP contribution in [0.15, 0.2) is 29.3 Å². The Morgan fingerprint density at radius 3 is 2.20 bits per heavy atom. The SMILES string of the molecule is CCCc1ccc(/C(CC(CC)CC(C)C)=N/C)cc1. The number of aliphatic imine (C=N–C) groups is 1. The molecule has 1 unspecified atom stereocenters. The molecule has 112 valence electrons. The van der Waals surface area contributed by atoms with E-state index in [4.69, 9.17) is 0 Å². The van der Waals surface area contributed by atoms with Crippen LogP contribution in [0.25, 0.3) is 0 Å². The van der Waals surface area contributed by atoms with Gasteiger partial charge in [-0.25, -0.2) is 0 Å². The van der Waals surface area contributed by atoms with E-state index in [1.54, 1.807) is 0 Å². The van der Waals surface area contributed by atoms with E-state index in [1.165, 1.54) is 42.5 Å². The van der Waals surface area contributed by atoms with Crippen LogP contribution in [-0.2, 0) is 6.42 Å². The highest BCUT2D eigenvalue weighted by Gasteiger charge is 2.13. The third-order valence-corrected chi connectivity index (χ3v) is 3.96. The van der Waals surface area contributed by atoms with Crippen molar-refractivity contribution in [2.24, 2.45) is 16.8 Å². The molecule has 0 spiro atoms. The molecule has 0 bridgehead atoms. The quantitative estimate of drug-likeness (QED) is 0.553. The summed E-state index contributed by atoms with van der Waals surface area (Å²) in [5.74, 6) is 1.52. The van der Waals surface area contributed by atoms with Crippen molar-refractivity contribution in [2.45, 2.75) is 59.8 Å². The van der Waals surface area contributed by atoms with Crippen LogP contribution in [0, 0.1) is 11.8 Å². The zero-order valence-corrected chi connectivity index (χ0v) is 13.9. The lowest BCUT2D eigenvalue weighted by Gasteiger charge is -2.18. The Balaban J connectivity index is 2.75. The second-order valence-corrected chi connectivity index (χ2v) is 6.23. The van der Waals surface area contributed by atoms with Crippen LogP contribution < -0.4 is 0 Å². The summed E-state index contributed by atoms with van der Waals surface area (Å²) in [6, 6.07) is 9.01. The Kier molecular flexibility index (Phi) is 7.58. The third-order valence-electron chi connectivity index (χ3n) is 3.96. The summed E-state index contributed by atoms with van der Waals surface area (Å²) in [6.45, 7) is 9.14. The molecule has 0 saturated heterocycles. The summed E-state index contributed by atoms with van der Waals surface area (Å²) < 4.78 is 0. The van der Waals surface area contributed by atoms with Gasteiger partial charge < -0.3 is 0 Å². The normalized spacial score (nSPS) is 13.8. The maximum Gasteiger partial charge on any atom is 0.0419 e. The fraction of sp³-hybridized carbons (Fsp3) is 0.632. The Hall–Kier alpha value is -1.11. The van der Waals surface area contributed by atoms with Crippen LogP contribution in [0.2, 0.25) is 0 Å². The molecule has 1 nitrogen and oxygen atoms in total. The standard InChI is InChI=1S/C19H31N/c1-6-8-17-9-11-18(12-10-17)19(20-5)14-16(7-2)13-15(3)4/h9-12,15-16H,6-8,13-14H2,1-5H3/b20-19+. The lowest BCUT2D eigenvalue weighted by Crippen LogP contribution is -2.11. The van der Waals surface area contributed by atoms with Gasteiger partial charge in [0.1, 0.15) is 0 Å².